The number of benzene rings is 1. The van der Waals surface area contributed by atoms with E-state index in [0.717, 1.165) is 5.88 Å². The van der Waals surface area contributed by atoms with Gasteiger partial charge in [0.1, 0.15) is 0 Å². The van der Waals surface area contributed by atoms with Crippen LogP contribution in [0.3, 0.4) is 0 Å². The summed E-state index contributed by atoms with van der Waals surface area (Å²) in [6.45, 7) is 2.28. The average molecular weight is 303 g/mol. The molecule has 0 aliphatic rings. The Morgan fingerprint density at radius 3 is 2.38 bits per heavy atom. The molecule has 1 atom stereocenters. The molecule has 0 saturated heterocycles. The molecule has 1 rings (SSSR count). The van der Waals surface area contributed by atoms with Crippen molar-refractivity contribution in [2.75, 3.05) is 5.88 Å². The Labute approximate surface area is 93.0 Å². The Hall–Kier alpha value is 0.309. The molecule has 1 aromatic carbocycles. The topological polar surface area (TPSA) is 0 Å². The van der Waals surface area contributed by atoms with Crippen LogP contribution in [-0.2, 0) is 0 Å². The third kappa shape index (κ3) is 3.90. The standard InChI is InChI=1S/C6H5.C3H7.C2H4Cl.Sn.H/c1-2-4-6-5-3-1;1-3-2;1-2-3;;/h1-5H;1,3H2,2H3;1-2H2;;. The fraction of sp³-hybridized carbons (Fsp3) is 0.455. The first kappa shape index (κ1) is 11.4. The molecular formula is C11H17ClSn. The van der Waals surface area contributed by atoms with Crippen LogP contribution in [0.25, 0.3) is 0 Å². The quantitative estimate of drug-likeness (QED) is 0.580. The van der Waals surface area contributed by atoms with Crippen molar-refractivity contribution < 1.29 is 0 Å². The van der Waals surface area contributed by atoms with E-state index in [9.17, 15) is 0 Å². The summed E-state index contributed by atoms with van der Waals surface area (Å²) < 4.78 is 4.41. The van der Waals surface area contributed by atoms with Gasteiger partial charge < -0.3 is 0 Å². The predicted octanol–water partition coefficient (Wildman–Crippen LogP) is 2.77. The van der Waals surface area contributed by atoms with E-state index in [0.29, 0.717) is 0 Å². The molecule has 1 aromatic rings. The van der Waals surface area contributed by atoms with Crippen LogP contribution in [0.5, 0.6) is 0 Å². The second kappa shape index (κ2) is 6.72. The van der Waals surface area contributed by atoms with Gasteiger partial charge in [0.05, 0.1) is 0 Å². The summed E-state index contributed by atoms with van der Waals surface area (Å²) in [6, 6.07) is 11.0. The van der Waals surface area contributed by atoms with E-state index in [1.807, 2.05) is 0 Å². The van der Waals surface area contributed by atoms with Crippen LogP contribution in [-0.4, -0.2) is 25.6 Å². The fourth-order valence-corrected chi connectivity index (χ4v) is 11.1. The molecule has 0 nitrogen and oxygen atoms in total. The second-order valence-electron chi connectivity index (χ2n) is 3.37. The van der Waals surface area contributed by atoms with Crippen molar-refractivity contribution in [3.05, 3.63) is 30.3 Å². The summed E-state index contributed by atoms with van der Waals surface area (Å²) >= 11 is 4.40. The van der Waals surface area contributed by atoms with E-state index in [-0.39, 0.29) is 0 Å². The van der Waals surface area contributed by atoms with Crippen molar-refractivity contribution >= 4 is 34.9 Å². The minimum atomic E-state index is -1.43. The number of hydrogen-bond acceptors (Lipinski definition) is 0. The molecule has 0 bridgehead atoms. The van der Waals surface area contributed by atoms with E-state index >= 15 is 0 Å². The van der Waals surface area contributed by atoms with Crippen molar-refractivity contribution in [2.24, 2.45) is 0 Å². The Morgan fingerprint density at radius 2 is 1.85 bits per heavy atom. The monoisotopic (exact) mass is 304 g/mol. The zero-order valence-corrected chi connectivity index (χ0v) is 12.2. The first-order valence-corrected chi connectivity index (χ1v) is 11.8. The zero-order chi connectivity index (χ0) is 9.52. The first-order valence-electron chi connectivity index (χ1n) is 4.99. The molecule has 0 aliphatic carbocycles. The summed E-state index contributed by atoms with van der Waals surface area (Å²) in [7, 11) is 0. The van der Waals surface area contributed by atoms with Crippen LogP contribution < -0.4 is 3.58 Å². The molecule has 13 heavy (non-hydrogen) atoms. The van der Waals surface area contributed by atoms with Crippen molar-refractivity contribution in [3.8, 4) is 0 Å². The van der Waals surface area contributed by atoms with Gasteiger partial charge in [-0.25, -0.2) is 0 Å². The van der Waals surface area contributed by atoms with E-state index < -0.39 is 19.8 Å². The molecule has 1 unspecified atom stereocenters. The Bertz CT molecular complexity index is 217. The molecule has 0 aromatic heterocycles. The van der Waals surface area contributed by atoms with Crippen LogP contribution in [0.2, 0.25) is 8.87 Å². The average Bonchev–Trinajstić information content (AvgIpc) is 2.19. The van der Waals surface area contributed by atoms with Crippen molar-refractivity contribution in [1.82, 2.24) is 0 Å². The van der Waals surface area contributed by atoms with E-state index in [2.05, 4.69) is 37.3 Å². The maximum atomic E-state index is 5.83. The van der Waals surface area contributed by atoms with Gasteiger partial charge in [0, 0.05) is 0 Å². The van der Waals surface area contributed by atoms with Gasteiger partial charge in [0.15, 0.2) is 0 Å². The number of halogens is 1. The molecule has 0 fully saturated rings. The van der Waals surface area contributed by atoms with Crippen LogP contribution in [0.1, 0.15) is 13.3 Å². The van der Waals surface area contributed by atoms with Gasteiger partial charge in [-0.15, -0.1) is 0 Å². The molecule has 72 valence electrons. The number of rotatable bonds is 5. The molecule has 0 heterocycles. The Balaban J connectivity index is 2.64. The van der Waals surface area contributed by atoms with Gasteiger partial charge >= 0.3 is 93.4 Å². The van der Waals surface area contributed by atoms with Gasteiger partial charge in [-0.05, 0) is 0 Å². The molecule has 0 spiro atoms. The summed E-state index contributed by atoms with van der Waals surface area (Å²) in [6.07, 6.45) is 1.33. The van der Waals surface area contributed by atoms with Crippen molar-refractivity contribution in [2.45, 2.75) is 22.2 Å². The number of alkyl halides is 1. The van der Waals surface area contributed by atoms with Crippen molar-refractivity contribution in [3.63, 3.8) is 0 Å². The molecule has 0 N–H and O–H groups in total. The molecule has 0 saturated carbocycles. The molecule has 0 radical (unpaired) electrons. The van der Waals surface area contributed by atoms with Gasteiger partial charge in [-0.1, -0.05) is 0 Å². The van der Waals surface area contributed by atoms with E-state index in [4.69, 9.17) is 11.6 Å². The zero-order valence-electron chi connectivity index (χ0n) is 8.17. The maximum absolute atomic E-state index is 5.83. The van der Waals surface area contributed by atoms with Crippen LogP contribution in [0, 0.1) is 0 Å². The summed E-state index contributed by atoms with van der Waals surface area (Å²) in [5, 5.41) is 0. The Kier molecular flexibility index (Phi) is 5.88. The van der Waals surface area contributed by atoms with Crippen LogP contribution in [0.15, 0.2) is 30.3 Å². The SMILES string of the molecule is CC[CH2][SnH]([CH2]CCl)[c]1ccccc1. The predicted molar refractivity (Wildman–Crippen MR) is 63.9 cm³/mol. The van der Waals surface area contributed by atoms with Gasteiger partial charge in [-0.3, -0.25) is 0 Å². The van der Waals surface area contributed by atoms with Gasteiger partial charge in [0.25, 0.3) is 0 Å². The molecular weight excluding hydrogens is 286 g/mol. The Morgan fingerprint density at radius 1 is 1.15 bits per heavy atom. The molecule has 2 heteroatoms. The minimum absolute atomic E-state index is 0.857. The van der Waals surface area contributed by atoms with E-state index in [1.165, 1.54) is 15.3 Å². The summed E-state index contributed by atoms with van der Waals surface area (Å²) in [5.74, 6) is 0.857. The molecule has 0 aliphatic heterocycles. The summed E-state index contributed by atoms with van der Waals surface area (Å²) in [5.41, 5.74) is 0. The van der Waals surface area contributed by atoms with Crippen LogP contribution >= 0.6 is 11.6 Å². The van der Waals surface area contributed by atoms with Gasteiger partial charge in [0.2, 0.25) is 0 Å². The third-order valence-electron chi connectivity index (χ3n) is 2.37. The number of hydrogen-bond donors (Lipinski definition) is 0. The normalized spacial score (nSPS) is 12.8. The third-order valence-corrected chi connectivity index (χ3v) is 13.9. The fourth-order valence-electron chi connectivity index (χ4n) is 1.68. The van der Waals surface area contributed by atoms with Crippen molar-refractivity contribution in [1.29, 1.82) is 0 Å². The summed E-state index contributed by atoms with van der Waals surface area (Å²) in [4.78, 5) is 0. The molecule has 0 amide bonds. The van der Waals surface area contributed by atoms with E-state index in [1.54, 1.807) is 3.58 Å². The first-order chi connectivity index (χ1) is 6.38. The van der Waals surface area contributed by atoms with Crippen LogP contribution in [0.4, 0.5) is 0 Å². The second-order valence-corrected chi connectivity index (χ2v) is 12.9. The van der Waals surface area contributed by atoms with Gasteiger partial charge in [-0.2, -0.15) is 0 Å².